The molecule has 1 N–H and O–H groups in total. The van der Waals surface area contributed by atoms with E-state index in [0.29, 0.717) is 5.92 Å². The number of halogens is 1. The molecule has 2 rings (SSSR count). The Morgan fingerprint density at radius 2 is 2.20 bits per heavy atom. The van der Waals surface area contributed by atoms with Gasteiger partial charge in [0.1, 0.15) is 0 Å². The Labute approximate surface area is 93.9 Å². The second-order valence-corrected chi connectivity index (χ2v) is 4.64. The molecule has 3 heteroatoms. The highest BCUT2D eigenvalue weighted by Gasteiger charge is 2.34. The van der Waals surface area contributed by atoms with Crippen LogP contribution in [0.5, 0.6) is 0 Å². The summed E-state index contributed by atoms with van der Waals surface area (Å²) < 4.78 is 0. The van der Waals surface area contributed by atoms with E-state index in [-0.39, 0.29) is 5.92 Å². The van der Waals surface area contributed by atoms with Gasteiger partial charge in [-0.25, -0.2) is 0 Å². The number of rotatable bonds is 3. The van der Waals surface area contributed by atoms with Crippen LogP contribution in [0.2, 0.25) is 5.02 Å². The van der Waals surface area contributed by atoms with Crippen LogP contribution in [0.3, 0.4) is 0 Å². The third-order valence-corrected chi connectivity index (χ3v) is 3.23. The summed E-state index contributed by atoms with van der Waals surface area (Å²) in [7, 11) is 0. The van der Waals surface area contributed by atoms with E-state index in [2.05, 4.69) is 0 Å². The molecule has 15 heavy (non-hydrogen) atoms. The average molecular weight is 225 g/mol. The van der Waals surface area contributed by atoms with E-state index in [1.54, 1.807) is 0 Å². The van der Waals surface area contributed by atoms with Crippen molar-refractivity contribution in [2.24, 2.45) is 11.8 Å². The molecule has 0 amide bonds. The summed E-state index contributed by atoms with van der Waals surface area (Å²) in [5.74, 6) is -0.254. The fourth-order valence-corrected chi connectivity index (χ4v) is 2.31. The van der Waals surface area contributed by atoms with Crippen molar-refractivity contribution in [3.05, 3.63) is 34.9 Å². The number of benzene rings is 1. The van der Waals surface area contributed by atoms with Crippen molar-refractivity contribution in [1.82, 2.24) is 0 Å². The van der Waals surface area contributed by atoms with Gasteiger partial charge in [-0.2, -0.15) is 0 Å². The van der Waals surface area contributed by atoms with Crippen LogP contribution in [0, 0.1) is 11.8 Å². The van der Waals surface area contributed by atoms with E-state index in [1.807, 2.05) is 24.3 Å². The molecular formula is C12H13ClO2. The lowest BCUT2D eigenvalue weighted by molar-refractivity contribution is -0.146. The summed E-state index contributed by atoms with van der Waals surface area (Å²) in [5, 5.41) is 9.49. The maximum Gasteiger partial charge on any atom is 0.306 e. The maximum atomic E-state index is 10.6. The van der Waals surface area contributed by atoms with Crippen LogP contribution >= 0.6 is 11.6 Å². The van der Waals surface area contributed by atoms with Gasteiger partial charge in [0, 0.05) is 5.02 Å². The van der Waals surface area contributed by atoms with Gasteiger partial charge >= 0.3 is 5.97 Å². The molecule has 2 nitrogen and oxygen atoms in total. The zero-order valence-corrected chi connectivity index (χ0v) is 9.07. The summed E-state index contributed by atoms with van der Waals surface area (Å²) in [4.78, 5) is 10.6. The van der Waals surface area contributed by atoms with Gasteiger partial charge in [-0.1, -0.05) is 23.7 Å². The first-order chi connectivity index (χ1) is 7.15. The van der Waals surface area contributed by atoms with E-state index >= 15 is 0 Å². The molecule has 0 saturated heterocycles. The standard InChI is InChI=1S/C12H13ClO2/c13-11-3-1-2-8(7-11)4-9-5-10(6-9)12(14)15/h1-3,7,9-10H,4-6H2,(H,14,15). The minimum Gasteiger partial charge on any atom is -0.481 e. The summed E-state index contributed by atoms with van der Waals surface area (Å²) in [5.41, 5.74) is 1.20. The number of hydrogen-bond donors (Lipinski definition) is 1. The monoisotopic (exact) mass is 224 g/mol. The molecule has 1 saturated carbocycles. The topological polar surface area (TPSA) is 37.3 Å². The molecule has 1 fully saturated rings. The lowest BCUT2D eigenvalue weighted by atomic mass is 9.72. The van der Waals surface area contributed by atoms with Crippen LogP contribution in [0.1, 0.15) is 18.4 Å². The molecule has 0 bridgehead atoms. The van der Waals surface area contributed by atoms with Crippen molar-refractivity contribution < 1.29 is 9.90 Å². The van der Waals surface area contributed by atoms with Crippen molar-refractivity contribution in [1.29, 1.82) is 0 Å². The van der Waals surface area contributed by atoms with Crippen LogP contribution < -0.4 is 0 Å². The lowest BCUT2D eigenvalue weighted by Gasteiger charge is -2.32. The zero-order chi connectivity index (χ0) is 10.8. The Hall–Kier alpha value is -1.02. The number of hydrogen-bond acceptors (Lipinski definition) is 1. The Kier molecular flexibility index (Phi) is 2.96. The van der Waals surface area contributed by atoms with Gasteiger partial charge in [-0.05, 0) is 42.9 Å². The molecule has 0 unspecified atom stereocenters. The average Bonchev–Trinajstić information content (AvgIpc) is 2.10. The molecule has 0 heterocycles. The number of carboxylic acids is 1. The smallest absolute Gasteiger partial charge is 0.306 e. The molecule has 0 spiro atoms. The summed E-state index contributed by atoms with van der Waals surface area (Å²) in [6.07, 6.45) is 2.56. The Morgan fingerprint density at radius 3 is 2.80 bits per heavy atom. The van der Waals surface area contributed by atoms with Gasteiger partial charge in [0.25, 0.3) is 0 Å². The molecule has 0 aliphatic heterocycles. The highest BCUT2D eigenvalue weighted by atomic mass is 35.5. The molecule has 0 aromatic heterocycles. The lowest BCUT2D eigenvalue weighted by Crippen LogP contribution is -2.31. The van der Waals surface area contributed by atoms with Crippen molar-refractivity contribution in [3.63, 3.8) is 0 Å². The zero-order valence-electron chi connectivity index (χ0n) is 8.32. The molecule has 1 aliphatic rings. The molecular weight excluding hydrogens is 212 g/mol. The predicted molar refractivity (Wildman–Crippen MR) is 59.0 cm³/mol. The molecule has 1 aromatic carbocycles. The Balaban J connectivity index is 1.87. The van der Waals surface area contributed by atoms with Crippen molar-refractivity contribution in [3.8, 4) is 0 Å². The normalized spacial score (nSPS) is 24.6. The van der Waals surface area contributed by atoms with Crippen molar-refractivity contribution in [2.75, 3.05) is 0 Å². The first-order valence-electron chi connectivity index (χ1n) is 5.12. The summed E-state index contributed by atoms with van der Waals surface area (Å²) >= 11 is 5.87. The summed E-state index contributed by atoms with van der Waals surface area (Å²) in [6.45, 7) is 0. The van der Waals surface area contributed by atoms with Crippen LogP contribution in [0.25, 0.3) is 0 Å². The fourth-order valence-electron chi connectivity index (χ4n) is 2.10. The minimum absolute atomic E-state index is 0.116. The second kappa shape index (κ2) is 4.23. The highest BCUT2D eigenvalue weighted by Crippen LogP contribution is 2.36. The van der Waals surface area contributed by atoms with Gasteiger partial charge in [-0.15, -0.1) is 0 Å². The van der Waals surface area contributed by atoms with E-state index in [4.69, 9.17) is 16.7 Å². The number of carbonyl (C=O) groups is 1. The maximum absolute atomic E-state index is 10.6. The van der Waals surface area contributed by atoms with Crippen LogP contribution in [0.4, 0.5) is 0 Å². The number of aliphatic carboxylic acids is 1. The molecule has 0 atom stereocenters. The predicted octanol–water partition coefficient (Wildman–Crippen LogP) is 2.99. The van der Waals surface area contributed by atoms with Crippen LogP contribution in [-0.4, -0.2) is 11.1 Å². The SMILES string of the molecule is O=C(O)C1CC(Cc2cccc(Cl)c2)C1. The molecule has 1 aliphatic carbocycles. The quantitative estimate of drug-likeness (QED) is 0.857. The Morgan fingerprint density at radius 1 is 1.47 bits per heavy atom. The largest absolute Gasteiger partial charge is 0.481 e. The second-order valence-electron chi connectivity index (χ2n) is 4.21. The van der Waals surface area contributed by atoms with E-state index in [1.165, 1.54) is 5.56 Å². The summed E-state index contributed by atoms with van der Waals surface area (Å²) in [6, 6.07) is 7.78. The van der Waals surface area contributed by atoms with Crippen molar-refractivity contribution >= 4 is 17.6 Å². The first-order valence-corrected chi connectivity index (χ1v) is 5.50. The van der Waals surface area contributed by atoms with Gasteiger partial charge in [0.15, 0.2) is 0 Å². The minimum atomic E-state index is -0.655. The molecule has 0 radical (unpaired) electrons. The van der Waals surface area contributed by atoms with Gasteiger partial charge in [0.05, 0.1) is 5.92 Å². The van der Waals surface area contributed by atoms with E-state index < -0.39 is 5.97 Å². The van der Waals surface area contributed by atoms with Crippen LogP contribution in [-0.2, 0) is 11.2 Å². The molecule has 1 aromatic rings. The third-order valence-electron chi connectivity index (χ3n) is 3.00. The van der Waals surface area contributed by atoms with Crippen LogP contribution in [0.15, 0.2) is 24.3 Å². The highest BCUT2D eigenvalue weighted by molar-refractivity contribution is 6.30. The third kappa shape index (κ3) is 2.51. The molecule has 80 valence electrons. The van der Waals surface area contributed by atoms with E-state index in [0.717, 1.165) is 24.3 Å². The number of carboxylic acid groups (broad SMARTS) is 1. The fraction of sp³-hybridized carbons (Fsp3) is 0.417. The first kappa shape index (κ1) is 10.5. The van der Waals surface area contributed by atoms with Gasteiger partial charge in [-0.3, -0.25) is 4.79 Å². The van der Waals surface area contributed by atoms with E-state index in [9.17, 15) is 4.79 Å². The van der Waals surface area contributed by atoms with Crippen molar-refractivity contribution in [2.45, 2.75) is 19.3 Å². The van der Waals surface area contributed by atoms with Gasteiger partial charge < -0.3 is 5.11 Å². The Bertz CT molecular complexity index is 370. The van der Waals surface area contributed by atoms with Gasteiger partial charge in [0.2, 0.25) is 0 Å².